The molecular weight excluding hydrogens is 502 g/mol. The Bertz CT molecular complexity index is 1480. The second kappa shape index (κ2) is 10.6. The summed E-state index contributed by atoms with van der Waals surface area (Å²) in [6, 6.07) is 15.3. The average molecular weight is 532 g/mol. The van der Waals surface area contributed by atoms with Crippen LogP contribution in [0.4, 0.5) is 17.1 Å². The Labute approximate surface area is 225 Å². The molecule has 0 bridgehead atoms. The van der Waals surface area contributed by atoms with E-state index < -0.39 is 22.4 Å². The third-order valence-electron chi connectivity index (χ3n) is 7.10. The maximum absolute atomic E-state index is 13.9. The molecule has 0 saturated heterocycles. The van der Waals surface area contributed by atoms with Gasteiger partial charge in [0.2, 0.25) is 5.75 Å². The van der Waals surface area contributed by atoms with Crippen molar-refractivity contribution >= 4 is 22.8 Å². The van der Waals surface area contributed by atoms with Gasteiger partial charge in [-0.25, -0.2) is 0 Å². The van der Waals surface area contributed by atoms with Crippen molar-refractivity contribution in [1.29, 1.82) is 0 Å². The van der Waals surface area contributed by atoms with Gasteiger partial charge in [0.1, 0.15) is 0 Å². The normalized spacial score (nSPS) is 18.2. The van der Waals surface area contributed by atoms with E-state index in [4.69, 9.17) is 14.2 Å². The van der Waals surface area contributed by atoms with E-state index in [1.54, 1.807) is 7.11 Å². The van der Waals surface area contributed by atoms with Crippen molar-refractivity contribution in [2.45, 2.75) is 31.7 Å². The topological polar surface area (TPSA) is 132 Å². The van der Waals surface area contributed by atoms with Crippen LogP contribution in [0.3, 0.4) is 0 Å². The van der Waals surface area contributed by atoms with Crippen LogP contribution in [0.25, 0.3) is 0 Å². The van der Waals surface area contributed by atoms with Crippen molar-refractivity contribution < 1.29 is 29.0 Å². The molecular formula is C29H29N3O7. The predicted octanol–water partition coefficient (Wildman–Crippen LogP) is 5.70. The number of aromatic hydroxyl groups is 1. The lowest BCUT2D eigenvalue weighted by Gasteiger charge is -2.30. The highest BCUT2D eigenvalue weighted by Gasteiger charge is 2.37. The summed E-state index contributed by atoms with van der Waals surface area (Å²) in [6.07, 6.45) is 0.769. The van der Waals surface area contributed by atoms with Gasteiger partial charge in [-0.2, -0.15) is 0 Å². The molecule has 0 fully saturated rings. The Kier molecular flexibility index (Phi) is 7.02. The van der Waals surface area contributed by atoms with E-state index in [-0.39, 0.29) is 23.9 Å². The molecule has 3 aromatic rings. The smallest absolute Gasteiger partial charge is 0.315 e. The summed E-state index contributed by atoms with van der Waals surface area (Å²) in [5.74, 6) is 0.413. The number of ketones is 1. The number of ether oxygens (including phenoxy) is 3. The van der Waals surface area contributed by atoms with E-state index >= 15 is 0 Å². The van der Waals surface area contributed by atoms with E-state index in [0.29, 0.717) is 35.7 Å². The molecule has 202 valence electrons. The number of anilines is 2. The van der Waals surface area contributed by atoms with Crippen LogP contribution in [-0.4, -0.2) is 36.6 Å². The standard InChI is InChI=1S/C29H29N3O7/c1-4-39-24-10-9-16(14-25(24)37-2)17-11-21-27(23(33)13-17)28(31-20-8-6-5-7-19(20)30-21)18-12-22(32(35)36)29(34)26(15-18)38-3/h5-10,12,14-15,17,28,30-31,34H,4,11,13H2,1-3H3/t17-,28-/m1/s1. The highest BCUT2D eigenvalue weighted by molar-refractivity contribution is 6.01. The number of nitro groups is 1. The number of phenolic OH excluding ortho intramolecular Hbond substituents is 1. The van der Waals surface area contributed by atoms with Crippen LogP contribution in [-0.2, 0) is 4.79 Å². The van der Waals surface area contributed by atoms with Crippen molar-refractivity contribution in [1.82, 2.24) is 0 Å². The first kappa shape index (κ1) is 25.9. The predicted molar refractivity (Wildman–Crippen MR) is 146 cm³/mol. The van der Waals surface area contributed by atoms with Crippen LogP contribution in [0.1, 0.15) is 42.9 Å². The number of hydrogen-bond acceptors (Lipinski definition) is 9. The maximum atomic E-state index is 13.9. The second-order valence-electron chi connectivity index (χ2n) is 9.36. The number of rotatable bonds is 7. The van der Waals surface area contributed by atoms with E-state index in [1.165, 1.54) is 19.2 Å². The molecule has 1 heterocycles. The summed E-state index contributed by atoms with van der Waals surface area (Å²) in [5, 5.41) is 28.9. The number of hydrogen-bond donors (Lipinski definition) is 3. The van der Waals surface area contributed by atoms with Gasteiger partial charge in [0.15, 0.2) is 23.0 Å². The molecule has 1 aliphatic carbocycles. The Balaban J connectivity index is 1.62. The summed E-state index contributed by atoms with van der Waals surface area (Å²) in [4.78, 5) is 24.9. The molecule has 10 heteroatoms. The summed E-state index contributed by atoms with van der Waals surface area (Å²) in [5.41, 5.74) is 3.60. The zero-order valence-corrected chi connectivity index (χ0v) is 21.8. The molecule has 3 N–H and O–H groups in total. The van der Waals surface area contributed by atoms with Gasteiger partial charge in [0.25, 0.3) is 0 Å². The number of carbonyl (C=O) groups is 1. The van der Waals surface area contributed by atoms with E-state index in [1.807, 2.05) is 49.4 Å². The van der Waals surface area contributed by atoms with Gasteiger partial charge in [-0.3, -0.25) is 14.9 Å². The van der Waals surface area contributed by atoms with Crippen molar-refractivity contribution in [2.75, 3.05) is 31.5 Å². The van der Waals surface area contributed by atoms with Crippen molar-refractivity contribution in [3.63, 3.8) is 0 Å². The lowest BCUT2D eigenvalue weighted by molar-refractivity contribution is -0.386. The quantitative estimate of drug-likeness (QED) is 0.260. The van der Waals surface area contributed by atoms with Gasteiger partial charge >= 0.3 is 5.69 Å². The van der Waals surface area contributed by atoms with E-state index in [0.717, 1.165) is 22.6 Å². The highest BCUT2D eigenvalue weighted by Crippen LogP contribution is 2.47. The number of para-hydroxylation sites is 2. The maximum Gasteiger partial charge on any atom is 0.315 e. The number of phenols is 1. The highest BCUT2D eigenvalue weighted by atomic mass is 16.6. The second-order valence-corrected chi connectivity index (χ2v) is 9.36. The summed E-state index contributed by atoms with van der Waals surface area (Å²) in [7, 11) is 2.91. The Morgan fingerprint density at radius 2 is 1.69 bits per heavy atom. The summed E-state index contributed by atoms with van der Waals surface area (Å²) in [6.45, 7) is 2.41. The Morgan fingerprint density at radius 1 is 0.974 bits per heavy atom. The molecule has 0 unspecified atom stereocenters. The molecule has 10 nitrogen and oxygen atoms in total. The molecule has 2 atom stereocenters. The molecule has 0 radical (unpaired) electrons. The fourth-order valence-corrected chi connectivity index (χ4v) is 5.27. The number of nitro benzene ring substituents is 1. The van der Waals surface area contributed by atoms with Crippen LogP contribution in [0.2, 0.25) is 0 Å². The van der Waals surface area contributed by atoms with E-state index in [9.17, 15) is 20.0 Å². The van der Waals surface area contributed by atoms with Gasteiger partial charge in [-0.05, 0) is 60.7 Å². The number of carbonyl (C=O) groups excluding carboxylic acids is 1. The SMILES string of the molecule is CCOc1ccc([C@H]2CC(=O)C3=C(C2)Nc2ccccc2N[C@@H]3c2cc(OC)c(O)c([N+](=O)[O-])c2)cc1OC. The fourth-order valence-electron chi connectivity index (χ4n) is 5.27. The van der Waals surface area contributed by atoms with Crippen molar-refractivity contribution in [3.8, 4) is 23.0 Å². The third-order valence-corrected chi connectivity index (χ3v) is 7.10. The Hall–Kier alpha value is -4.73. The summed E-state index contributed by atoms with van der Waals surface area (Å²) >= 11 is 0. The number of nitrogens with zero attached hydrogens (tertiary/aromatic N) is 1. The zero-order chi connectivity index (χ0) is 27.7. The number of allylic oxidation sites excluding steroid dienone is 1. The number of Topliss-reactive ketones (excluding diaryl/α,β-unsaturated/α-hetero) is 1. The molecule has 0 aromatic heterocycles. The lowest BCUT2D eigenvalue weighted by Crippen LogP contribution is -2.27. The minimum atomic E-state index is -0.715. The van der Waals surface area contributed by atoms with Crippen molar-refractivity contribution in [3.05, 3.63) is 87.1 Å². The molecule has 5 rings (SSSR count). The van der Waals surface area contributed by atoms with Crippen LogP contribution >= 0.6 is 0 Å². The molecule has 3 aromatic carbocycles. The van der Waals surface area contributed by atoms with Gasteiger partial charge in [-0.15, -0.1) is 0 Å². The third kappa shape index (κ3) is 4.81. The average Bonchev–Trinajstić information content (AvgIpc) is 3.10. The van der Waals surface area contributed by atoms with Crippen LogP contribution in [0, 0.1) is 10.1 Å². The Morgan fingerprint density at radius 3 is 2.38 bits per heavy atom. The molecule has 1 aliphatic heterocycles. The number of fused-ring (bicyclic) bond motifs is 1. The van der Waals surface area contributed by atoms with E-state index in [2.05, 4.69) is 10.6 Å². The van der Waals surface area contributed by atoms with Crippen LogP contribution < -0.4 is 24.8 Å². The van der Waals surface area contributed by atoms with Crippen molar-refractivity contribution in [2.24, 2.45) is 0 Å². The van der Waals surface area contributed by atoms with Gasteiger partial charge in [0.05, 0.1) is 43.2 Å². The largest absolute Gasteiger partial charge is 0.500 e. The number of benzene rings is 3. The fraction of sp³-hybridized carbons (Fsp3) is 0.276. The van der Waals surface area contributed by atoms with Gasteiger partial charge in [-0.1, -0.05) is 18.2 Å². The van der Waals surface area contributed by atoms with Gasteiger partial charge in [0, 0.05) is 23.8 Å². The molecule has 0 saturated carbocycles. The zero-order valence-electron chi connectivity index (χ0n) is 21.8. The minimum Gasteiger partial charge on any atom is -0.500 e. The first-order valence-electron chi connectivity index (χ1n) is 12.6. The minimum absolute atomic E-state index is 0.0451. The molecule has 39 heavy (non-hydrogen) atoms. The van der Waals surface area contributed by atoms with Crippen LogP contribution in [0.15, 0.2) is 65.9 Å². The first-order valence-corrected chi connectivity index (χ1v) is 12.6. The number of nitrogens with one attached hydrogen (secondary N) is 2. The molecule has 0 amide bonds. The summed E-state index contributed by atoms with van der Waals surface area (Å²) < 4.78 is 16.4. The first-order chi connectivity index (χ1) is 18.8. The molecule has 0 spiro atoms. The lowest BCUT2D eigenvalue weighted by atomic mass is 9.78. The monoisotopic (exact) mass is 531 g/mol. The molecule has 2 aliphatic rings. The number of methoxy groups -OCH3 is 2. The van der Waals surface area contributed by atoms with Crippen LogP contribution in [0.5, 0.6) is 23.0 Å². The van der Waals surface area contributed by atoms with Gasteiger partial charge < -0.3 is 30.0 Å².